The molecule has 1 radical (unpaired) electrons. The van der Waals surface area contributed by atoms with E-state index in [1.807, 2.05) is 6.92 Å². The summed E-state index contributed by atoms with van der Waals surface area (Å²) >= 11 is 0. The Labute approximate surface area is 52.0 Å². The Balaban J connectivity index is 2.72. The summed E-state index contributed by atoms with van der Waals surface area (Å²) in [7, 11) is 0. The molecule has 0 saturated heterocycles. The van der Waals surface area contributed by atoms with Crippen LogP contribution in [0.1, 0.15) is 26.7 Å². The average Bonchev–Trinajstić information content (AvgIpc) is 1.66. The lowest BCUT2D eigenvalue weighted by molar-refractivity contribution is 0.0933. The van der Waals surface area contributed by atoms with Crippen LogP contribution in [-0.2, 0) is 4.74 Å². The fourth-order valence-electron chi connectivity index (χ4n) is 0.429. The number of hydrogen-bond acceptors (Lipinski definition) is 1. The summed E-state index contributed by atoms with van der Waals surface area (Å²) in [5, 5.41) is 0. The van der Waals surface area contributed by atoms with Gasteiger partial charge in [0.1, 0.15) is 0 Å². The van der Waals surface area contributed by atoms with Crippen LogP contribution >= 0.6 is 0 Å². The SMILES string of the molecule is [CH2]C(C)OCCCC. The Hall–Kier alpha value is -0.0400. The van der Waals surface area contributed by atoms with Gasteiger partial charge >= 0.3 is 0 Å². The molecule has 0 fully saturated rings. The van der Waals surface area contributed by atoms with Crippen LogP contribution in [0.2, 0.25) is 0 Å². The van der Waals surface area contributed by atoms with E-state index in [0.717, 1.165) is 13.0 Å². The smallest absolute Gasteiger partial charge is 0.0547 e. The van der Waals surface area contributed by atoms with E-state index < -0.39 is 0 Å². The normalized spacial score (nSPS) is 10.5. The van der Waals surface area contributed by atoms with Crippen LogP contribution in [0.5, 0.6) is 0 Å². The maximum absolute atomic E-state index is 5.17. The van der Waals surface area contributed by atoms with Gasteiger partial charge in [0.15, 0.2) is 0 Å². The van der Waals surface area contributed by atoms with Crippen molar-refractivity contribution in [3.05, 3.63) is 6.92 Å². The van der Waals surface area contributed by atoms with E-state index in [4.69, 9.17) is 4.74 Å². The van der Waals surface area contributed by atoms with Gasteiger partial charge in [-0.3, -0.25) is 0 Å². The minimum absolute atomic E-state index is 0.154. The first kappa shape index (κ1) is 7.96. The zero-order chi connectivity index (χ0) is 6.41. The lowest BCUT2D eigenvalue weighted by atomic mass is 10.3. The van der Waals surface area contributed by atoms with Crippen molar-refractivity contribution in [2.45, 2.75) is 32.8 Å². The highest BCUT2D eigenvalue weighted by Gasteiger charge is 1.89. The third-order valence-corrected chi connectivity index (χ3v) is 0.900. The van der Waals surface area contributed by atoms with Gasteiger partial charge in [-0.1, -0.05) is 13.3 Å². The van der Waals surface area contributed by atoms with Crippen molar-refractivity contribution >= 4 is 0 Å². The molecule has 1 nitrogen and oxygen atoms in total. The van der Waals surface area contributed by atoms with Gasteiger partial charge in [-0.15, -0.1) is 0 Å². The van der Waals surface area contributed by atoms with Crippen LogP contribution in [0.25, 0.3) is 0 Å². The van der Waals surface area contributed by atoms with Crippen LogP contribution in [0.3, 0.4) is 0 Å². The van der Waals surface area contributed by atoms with Crippen LogP contribution in [0.4, 0.5) is 0 Å². The molecular weight excluding hydrogens is 100 g/mol. The Kier molecular flexibility index (Phi) is 5.08. The van der Waals surface area contributed by atoms with Crippen molar-refractivity contribution in [3.63, 3.8) is 0 Å². The molecule has 0 amide bonds. The highest BCUT2D eigenvalue weighted by molar-refractivity contribution is 4.48. The molecule has 0 spiro atoms. The molecule has 0 aliphatic heterocycles. The summed E-state index contributed by atoms with van der Waals surface area (Å²) in [6.45, 7) is 8.65. The molecule has 0 bridgehead atoms. The molecule has 0 aromatic heterocycles. The predicted octanol–water partition coefficient (Wildman–Crippen LogP) is 2.03. The molecule has 1 atom stereocenters. The van der Waals surface area contributed by atoms with Gasteiger partial charge in [0.05, 0.1) is 6.10 Å². The molecule has 0 aliphatic carbocycles. The summed E-state index contributed by atoms with van der Waals surface area (Å²) < 4.78 is 5.17. The second-order valence-electron chi connectivity index (χ2n) is 2.03. The molecule has 0 rings (SSSR count). The van der Waals surface area contributed by atoms with Crippen molar-refractivity contribution in [1.82, 2.24) is 0 Å². The quantitative estimate of drug-likeness (QED) is 0.509. The van der Waals surface area contributed by atoms with E-state index in [1.54, 1.807) is 0 Å². The molecule has 1 unspecified atom stereocenters. The van der Waals surface area contributed by atoms with Crippen molar-refractivity contribution in [2.75, 3.05) is 6.61 Å². The average molecular weight is 115 g/mol. The van der Waals surface area contributed by atoms with Gasteiger partial charge < -0.3 is 4.74 Å². The van der Waals surface area contributed by atoms with E-state index in [-0.39, 0.29) is 6.10 Å². The van der Waals surface area contributed by atoms with Gasteiger partial charge in [-0.25, -0.2) is 0 Å². The molecule has 0 aromatic rings. The van der Waals surface area contributed by atoms with Crippen LogP contribution < -0.4 is 0 Å². The number of rotatable bonds is 4. The Morgan fingerprint density at radius 1 is 1.62 bits per heavy atom. The summed E-state index contributed by atoms with van der Waals surface area (Å²) in [5.41, 5.74) is 0. The fourth-order valence-corrected chi connectivity index (χ4v) is 0.429. The van der Waals surface area contributed by atoms with Crippen LogP contribution in [0.15, 0.2) is 0 Å². The fraction of sp³-hybridized carbons (Fsp3) is 0.857. The van der Waals surface area contributed by atoms with E-state index >= 15 is 0 Å². The maximum atomic E-state index is 5.17. The molecule has 0 heterocycles. The first-order valence-corrected chi connectivity index (χ1v) is 3.22. The van der Waals surface area contributed by atoms with Gasteiger partial charge in [0, 0.05) is 6.61 Å². The minimum Gasteiger partial charge on any atom is -0.379 e. The summed E-state index contributed by atoms with van der Waals surface area (Å²) in [6, 6.07) is 0. The molecular formula is C7H15O. The van der Waals surface area contributed by atoms with Crippen molar-refractivity contribution < 1.29 is 4.74 Å². The first-order valence-electron chi connectivity index (χ1n) is 3.22. The van der Waals surface area contributed by atoms with Gasteiger partial charge in [0.25, 0.3) is 0 Å². The van der Waals surface area contributed by atoms with Gasteiger partial charge in [0.2, 0.25) is 0 Å². The lowest BCUT2D eigenvalue weighted by Gasteiger charge is -2.04. The van der Waals surface area contributed by atoms with Crippen LogP contribution in [-0.4, -0.2) is 12.7 Å². The molecule has 0 N–H and O–H groups in total. The molecule has 0 aliphatic rings. The molecule has 1 heteroatoms. The van der Waals surface area contributed by atoms with Gasteiger partial charge in [-0.05, 0) is 20.3 Å². The number of hydrogen-bond donors (Lipinski definition) is 0. The first-order chi connectivity index (χ1) is 3.77. The molecule has 8 heavy (non-hydrogen) atoms. The van der Waals surface area contributed by atoms with E-state index in [1.165, 1.54) is 6.42 Å². The maximum Gasteiger partial charge on any atom is 0.0547 e. The van der Waals surface area contributed by atoms with Crippen molar-refractivity contribution in [2.24, 2.45) is 0 Å². The lowest BCUT2D eigenvalue weighted by Crippen LogP contribution is -2.03. The van der Waals surface area contributed by atoms with Crippen molar-refractivity contribution in [3.8, 4) is 0 Å². The molecule has 0 aromatic carbocycles. The summed E-state index contributed by atoms with van der Waals surface area (Å²) in [6.07, 6.45) is 2.51. The van der Waals surface area contributed by atoms with E-state index in [2.05, 4.69) is 13.8 Å². The molecule has 0 saturated carbocycles. The largest absolute Gasteiger partial charge is 0.379 e. The van der Waals surface area contributed by atoms with E-state index in [9.17, 15) is 0 Å². The monoisotopic (exact) mass is 115 g/mol. The summed E-state index contributed by atoms with van der Waals surface area (Å²) in [5.74, 6) is 0. The topological polar surface area (TPSA) is 9.23 Å². The zero-order valence-corrected chi connectivity index (χ0v) is 5.81. The van der Waals surface area contributed by atoms with Crippen LogP contribution in [0, 0.1) is 6.92 Å². The minimum atomic E-state index is 0.154. The van der Waals surface area contributed by atoms with Gasteiger partial charge in [-0.2, -0.15) is 0 Å². The standard InChI is InChI=1S/C7H15O/c1-4-5-6-8-7(2)3/h7H,2,4-6H2,1,3H3. The summed E-state index contributed by atoms with van der Waals surface area (Å²) in [4.78, 5) is 0. The predicted molar refractivity (Wildman–Crippen MR) is 35.7 cm³/mol. The Morgan fingerprint density at radius 3 is 2.62 bits per heavy atom. The highest BCUT2D eigenvalue weighted by atomic mass is 16.5. The van der Waals surface area contributed by atoms with E-state index in [0.29, 0.717) is 0 Å². The second-order valence-corrected chi connectivity index (χ2v) is 2.03. The molecule has 49 valence electrons. The third kappa shape index (κ3) is 5.96. The Bertz CT molecular complexity index is 41.7. The number of unbranched alkanes of at least 4 members (excludes halogenated alkanes) is 1. The number of ether oxygens (including phenoxy) is 1. The Morgan fingerprint density at radius 2 is 2.25 bits per heavy atom. The van der Waals surface area contributed by atoms with Crippen molar-refractivity contribution in [1.29, 1.82) is 0 Å². The second kappa shape index (κ2) is 5.10. The third-order valence-electron chi connectivity index (χ3n) is 0.900. The zero-order valence-electron chi connectivity index (χ0n) is 5.81. The highest BCUT2D eigenvalue weighted by Crippen LogP contribution is 1.91.